The molecule has 0 bridgehead atoms. The Morgan fingerprint density at radius 1 is 1.23 bits per heavy atom. The van der Waals surface area contributed by atoms with Gasteiger partial charge in [-0.1, -0.05) is 23.7 Å². The summed E-state index contributed by atoms with van der Waals surface area (Å²) < 4.78 is 0. The van der Waals surface area contributed by atoms with Crippen LogP contribution >= 0.6 is 11.6 Å². The molecule has 1 atom stereocenters. The maximum absolute atomic E-state index is 12.5. The minimum absolute atomic E-state index is 0.000795. The summed E-state index contributed by atoms with van der Waals surface area (Å²) in [7, 11) is 0. The number of carbonyl (C=O) groups excluding carboxylic acids is 2. The minimum atomic E-state index is -0.432. The van der Waals surface area contributed by atoms with Gasteiger partial charge in [-0.3, -0.25) is 9.59 Å². The lowest BCUT2D eigenvalue weighted by molar-refractivity contribution is -0.129. The summed E-state index contributed by atoms with van der Waals surface area (Å²) >= 11 is 6.16. The number of hydrogen-bond donors (Lipinski definition) is 2. The van der Waals surface area contributed by atoms with Crippen molar-refractivity contribution >= 4 is 29.1 Å². The highest BCUT2D eigenvalue weighted by molar-refractivity contribution is 6.34. The van der Waals surface area contributed by atoms with Gasteiger partial charge in [0.25, 0.3) is 0 Å². The van der Waals surface area contributed by atoms with Crippen molar-refractivity contribution in [2.45, 2.75) is 25.3 Å². The molecule has 2 heterocycles. The van der Waals surface area contributed by atoms with E-state index >= 15 is 0 Å². The Morgan fingerprint density at radius 2 is 1.95 bits per heavy atom. The fourth-order valence-electron chi connectivity index (χ4n) is 3.10. The zero-order valence-corrected chi connectivity index (χ0v) is 13.1. The molecule has 5 nitrogen and oxygen atoms in total. The first kappa shape index (κ1) is 15.3. The second-order valence-electron chi connectivity index (χ2n) is 5.82. The van der Waals surface area contributed by atoms with Crippen LogP contribution in [0.15, 0.2) is 24.3 Å². The summed E-state index contributed by atoms with van der Waals surface area (Å²) in [6.45, 7) is 2.31. The van der Waals surface area contributed by atoms with E-state index in [4.69, 9.17) is 11.6 Å². The fourth-order valence-corrected chi connectivity index (χ4v) is 3.34. The third-order valence-corrected chi connectivity index (χ3v) is 4.69. The minimum Gasteiger partial charge on any atom is -0.344 e. The molecule has 6 heteroatoms. The monoisotopic (exact) mass is 321 g/mol. The molecule has 2 aliphatic rings. The predicted octanol–water partition coefficient (Wildman–Crippen LogP) is 1.56. The molecular formula is C16H20ClN3O2. The Labute approximate surface area is 135 Å². The quantitative estimate of drug-likeness (QED) is 0.888. The number of nitrogens with zero attached hydrogens (tertiary/aromatic N) is 1. The van der Waals surface area contributed by atoms with Gasteiger partial charge in [0, 0.05) is 12.5 Å². The van der Waals surface area contributed by atoms with Crippen molar-refractivity contribution in [1.29, 1.82) is 0 Å². The number of piperidine rings is 1. The van der Waals surface area contributed by atoms with Gasteiger partial charge < -0.3 is 15.5 Å². The first-order chi connectivity index (χ1) is 10.7. The predicted molar refractivity (Wildman–Crippen MR) is 85.9 cm³/mol. The van der Waals surface area contributed by atoms with Crippen LogP contribution in [0.1, 0.15) is 19.3 Å². The molecule has 1 aromatic carbocycles. The van der Waals surface area contributed by atoms with Gasteiger partial charge in [-0.25, -0.2) is 0 Å². The van der Waals surface area contributed by atoms with Gasteiger partial charge in [0.1, 0.15) is 6.04 Å². The highest BCUT2D eigenvalue weighted by Crippen LogP contribution is 2.29. The van der Waals surface area contributed by atoms with E-state index < -0.39 is 6.04 Å². The number of amides is 2. The Balaban J connectivity index is 1.64. The third kappa shape index (κ3) is 3.10. The highest BCUT2D eigenvalue weighted by Gasteiger charge is 2.35. The number of halogens is 1. The summed E-state index contributed by atoms with van der Waals surface area (Å²) in [5.41, 5.74) is 0.716. The Bertz CT molecular complexity index is 572. The van der Waals surface area contributed by atoms with Crippen LogP contribution in [0.5, 0.6) is 0 Å². The lowest BCUT2D eigenvalue weighted by atomic mass is 9.97. The standard InChI is InChI=1S/C16H20ClN3O2/c17-12-3-1-2-4-14(12)20-10-7-13(16(20)22)19-15(21)11-5-8-18-9-6-11/h1-4,11,13,18H,5-10H2,(H,19,21). The summed E-state index contributed by atoms with van der Waals surface area (Å²) in [5, 5.41) is 6.71. The molecule has 2 N–H and O–H groups in total. The molecule has 0 radical (unpaired) electrons. The van der Waals surface area contributed by atoms with Gasteiger partial charge in [0.2, 0.25) is 11.8 Å². The third-order valence-electron chi connectivity index (χ3n) is 4.38. The van der Waals surface area contributed by atoms with E-state index in [1.807, 2.05) is 18.2 Å². The average Bonchev–Trinajstić information content (AvgIpc) is 2.90. The molecule has 1 unspecified atom stereocenters. The molecule has 0 aromatic heterocycles. The molecule has 3 rings (SSSR count). The normalized spacial score (nSPS) is 22.9. The Morgan fingerprint density at radius 3 is 2.68 bits per heavy atom. The fraction of sp³-hybridized carbons (Fsp3) is 0.500. The lowest BCUT2D eigenvalue weighted by Gasteiger charge is -2.23. The van der Waals surface area contributed by atoms with Crippen molar-refractivity contribution in [1.82, 2.24) is 10.6 Å². The number of nitrogens with one attached hydrogen (secondary N) is 2. The van der Waals surface area contributed by atoms with Crippen LogP contribution in [0.2, 0.25) is 5.02 Å². The number of rotatable bonds is 3. The molecule has 22 heavy (non-hydrogen) atoms. The number of para-hydroxylation sites is 1. The van der Waals surface area contributed by atoms with E-state index in [0.717, 1.165) is 25.9 Å². The highest BCUT2D eigenvalue weighted by atomic mass is 35.5. The Kier molecular flexibility index (Phi) is 4.64. The number of hydrogen-bond acceptors (Lipinski definition) is 3. The van der Waals surface area contributed by atoms with Crippen molar-refractivity contribution in [2.75, 3.05) is 24.5 Å². The van der Waals surface area contributed by atoms with Crippen molar-refractivity contribution in [2.24, 2.45) is 5.92 Å². The summed E-state index contributed by atoms with van der Waals surface area (Å²) in [5.74, 6) is -0.0559. The van der Waals surface area contributed by atoms with Gasteiger partial charge >= 0.3 is 0 Å². The molecule has 118 valence electrons. The van der Waals surface area contributed by atoms with E-state index in [2.05, 4.69) is 10.6 Å². The van der Waals surface area contributed by atoms with Crippen molar-refractivity contribution in [3.05, 3.63) is 29.3 Å². The molecule has 2 amide bonds. The number of anilines is 1. The summed E-state index contributed by atoms with van der Waals surface area (Å²) in [6.07, 6.45) is 2.29. The maximum atomic E-state index is 12.5. The molecule has 1 aromatic rings. The largest absolute Gasteiger partial charge is 0.344 e. The van der Waals surface area contributed by atoms with Crippen LogP contribution < -0.4 is 15.5 Å². The van der Waals surface area contributed by atoms with Crippen LogP contribution in [0.3, 0.4) is 0 Å². The van der Waals surface area contributed by atoms with E-state index in [1.165, 1.54) is 0 Å². The molecule has 2 fully saturated rings. The van der Waals surface area contributed by atoms with Gasteiger partial charge in [0.05, 0.1) is 10.7 Å². The van der Waals surface area contributed by atoms with Crippen molar-refractivity contribution in [3.63, 3.8) is 0 Å². The van der Waals surface area contributed by atoms with Crippen LogP contribution in [0.4, 0.5) is 5.69 Å². The smallest absolute Gasteiger partial charge is 0.249 e. The van der Waals surface area contributed by atoms with Crippen LogP contribution in [0.25, 0.3) is 0 Å². The van der Waals surface area contributed by atoms with E-state index in [0.29, 0.717) is 23.7 Å². The molecule has 0 saturated carbocycles. The Hall–Kier alpha value is -1.59. The second kappa shape index (κ2) is 6.67. The first-order valence-electron chi connectivity index (χ1n) is 7.74. The van der Waals surface area contributed by atoms with Gasteiger partial charge in [-0.05, 0) is 44.5 Å². The average molecular weight is 322 g/mol. The zero-order chi connectivity index (χ0) is 15.5. The molecular weight excluding hydrogens is 302 g/mol. The zero-order valence-electron chi connectivity index (χ0n) is 12.3. The molecule has 0 spiro atoms. The molecule has 2 saturated heterocycles. The SMILES string of the molecule is O=C(NC1CCN(c2ccccc2Cl)C1=O)C1CCNCC1. The van der Waals surface area contributed by atoms with Gasteiger partial charge in [-0.15, -0.1) is 0 Å². The van der Waals surface area contributed by atoms with E-state index in [-0.39, 0.29) is 17.7 Å². The topological polar surface area (TPSA) is 61.4 Å². The molecule has 0 aliphatic carbocycles. The summed E-state index contributed by atoms with van der Waals surface area (Å²) in [6, 6.07) is 6.86. The molecule has 2 aliphatic heterocycles. The van der Waals surface area contributed by atoms with E-state index in [1.54, 1.807) is 11.0 Å². The lowest BCUT2D eigenvalue weighted by Crippen LogP contribution is -2.46. The van der Waals surface area contributed by atoms with Gasteiger partial charge in [0.15, 0.2) is 0 Å². The second-order valence-corrected chi connectivity index (χ2v) is 6.22. The van der Waals surface area contributed by atoms with Crippen molar-refractivity contribution < 1.29 is 9.59 Å². The summed E-state index contributed by atoms with van der Waals surface area (Å²) in [4.78, 5) is 26.5. The number of carbonyl (C=O) groups is 2. The van der Waals surface area contributed by atoms with Crippen LogP contribution in [-0.2, 0) is 9.59 Å². The van der Waals surface area contributed by atoms with Crippen molar-refractivity contribution in [3.8, 4) is 0 Å². The van der Waals surface area contributed by atoms with Gasteiger partial charge in [-0.2, -0.15) is 0 Å². The van der Waals surface area contributed by atoms with E-state index in [9.17, 15) is 9.59 Å². The first-order valence-corrected chi connectivity index (χ1v) is 8.11. The number of benzene rings is 1. The van der Waals surface area contributed by atoms with Crippen LogP contribution in [-0.4, -0.2) is 37.5 Å². The van der Waals surface area contributed by atoms with Crippen LogP contribution in [0, 0.1) is 5.92 Å². The maximum Gasteiger partial charge on any atom is 0.249 e.